The summed E-state index contributed by atoms with van der Waals surface area (Å²) in [5.41, 5.74) is 3.76. The van der Waals surface area contributed by atoms with Crippen LogP contribution in [0.5, 0.6) is 5.75 Å². The molecule has 0 bridgehead atoms. The molecule has 0 spiro atoms. The number of aryl methyl sites for hydroxylation is 1. The molecule has 6 heteroatoms. The van der Waals surface area contributed by atoms with E-state index in [0.717, 1.165) is 61.8 Å². The van der Waals surface area contributed by atoms with Crippen molar-refractivity contribution in [3.05, 3.63) is 35.4 Å². The van der Waals surface area contributed by atoms with E-state index in [2.05, 4.69) is 26.5 Å². The fourth-order valence-corrected chi connectivity index (χ4v) is 4.72. The van der Waals surface area contributed by atoms with E-state index in [4.69, 9.17) is 4.74 Å². The summed E-state index contributed by atoms with van der Waals surface area (Å²) in [4.78, 5) is 2.56. The van der Waals surface area contributed by atoms with Crippen LogP contribution in [-0.2, 0) is 4.74 Å². The quantitative estimate of drug-likeness (QED) is 0.806. The topological polar surface area (TPSA) is 70.5 Å². The summed E-state index contributed by atoms with van der Waals surface area (Å²) in [6, 6.07) is 8.99. The number of ether oxygens (including phenoxy) is 1. The third-order valence-corrected chi connectivity index (χ3v) is 6.54. The normalized spacial score (nSPS) is 25.3. The largest absolute Gasteiger partial charge is 0.507 e. The van der Waals surface area contributed by atoms with Crippen molar-refractivity contribution in [3.8, 4) is 17.0 Å². The monoisotopic (exact) mass is 394 g/mol. The van der Waals surface area contributed by atoms with Gasteiger partial charge < -0.3 is 15.2 Å². The SMILES string of the molecule is Cc1cc(N[C@H]2CCCN([C@H]3CCOC3)C2)nnc1-c1ccc(C2CC2)cc1O. The summed E-state index contributed by atoms with van der Waals surface area (Å²) in [7, 11) is 0. The number of aromatic nitrogens is 2. The van der Waals surface area contributed by atoms with Crippen LogP contribution in [0.15, 0.2) is 24.3 Å². The molecule has 3 aliphatic rings. The van der Waals surface area contributed by atoms with Crippen molar-refractivity contribution < 1.29 is 9.84 Å². The molecule has 0 unspecified atom stereocenters. The van der Waals surface area contributed by atoms with E-state index in [1.165, 1.54) is 24.8 Å². The van der Waals surface area contributed by atoms with Crippen LogP contribution in [0.2, 0.25) is 0 Å². The maximum Gasteiger partial charge on any atom is 0.149 e. The molecule has 29 heavy (non-hydrogen) atoms. The highest BCUT2D eigenvalue weighted by molar-refractivity contribution is 5.70. The third-order valence-electron chi connectivity index (χ3n) is 6.54. The number of benzene rings is 1. The van der Waals surface area contributed by atoms with Crippen LogP contribution in [-0.4, -0.2) is 58.6 Å². The van der Waals surface area contributed by atoms with Crippen molar-refractivity contribution in [2.45, 2.75) is 57.0 Å². The first-order valence-electron chi connectivity index (χ1n) is 10.9. The number of phenolic OH excluding ortho intramolecular Hbond substituents is 1. The number of hydrogen-bond acceptors (Lipinski definition) is 6. The molecular weight excluding hydrogens is 364 g/mol. The summed E-state index contributed by atoms with van der Waals surface area (Å²) in [5, 5.41) is 23.0. The minimum Gasteiger partial charge on any atom is -0.507 e. The molecule has 0 amide bonds. The van der Waals surface area contributed by atoms with Gasteiger partial charge in [0, 0.05) is 30.8 Å². The third kappa shape index (κ3) is 4.09. The van der Waals surface area contributed by atoms with E-state index < -0.39 is 0 Å². The van der Waals surface area contributed by atoms with E-state index in [1.54, 1.807) is 0 Å². The van der Waals surface area contributed by atoms with Crippen molar-refractivity contribution >= 4 is 5.82 Å². The number of likely N-dealkylation sites (tertiary alicyclic amines) is 1. The predicted molar refractivity (Wildman–Crippen MR) is 113 cm³/mol. The average molecular weight is 395 g/mol. The van der Waals surface area contributed by atoms with Gasteiger partial charge in [0.05, 0.1) is 12.3 Å². The molecule has 2 aliphatic heterocycles. The summed E-state index contributed by atoms with van der Waals surface area (Å²) in [5.74, 6) is 1.74. The van der Waals surface area contributed by atoms with E-state index in [9.17, 15) is 5.11 Å². The molecule has 3 heterocycles. The van der Waals surface area contributed by atoms with Gasteiger partial charge in [-0.1, -0.05) is 6.07 Å². The fourth-order valence-electron chi connectivity index (χ4n) is 4.72. The molecular formula is C23H30N4O2. The molecule has 5 rings (SSSR count). The Balaban J connectivity index is 1.28. The number of aromatic hydroxyl groups is 1. The van der Waals surface area contributed by atoms with Crippen LogP contribution in [0.1, 0.15) is 49.1 Å². The molecule has 1 aliphatic carbocycles. The molecule has 3 fully saturated rings. The van der Waals surface area contributed by atoms with E-state index >= 15 is 0 Å². The van der Waals surface area contributed by atoms with Gasteiger partial charge in [-0.2, -0.15) is 0 Å². The second-order valence-corrected chi connectivity index (χ2v) is 8.81. The van der Waals surface area contributed by atoms with Crippen molar-refractivity contribution in [1.29, 1.82) is 0 Å². The van der Waals surface area contributed by atoms with Gasteiger partial charge in [0.15, 0.2) is 0 Å². The molecule has 1 saturated carbocycles. The Morgan fingerprint density at radius 1 is 1.14 bits per heavy atom. The van der Waals surface area contributed by atoms with Gasteiger partial charge in [-0.15, -0.1) is 10.2 Å². The van der Waals surface area contributed by atoms with Crippen LogP contribution in [0, 0.1) is 6.92 Å². The second-order valence-electron chi connectivity index (χ2n) is 8.81. The van der Waals surface area contributed by atoms with E-state index in [-0.39, 0.29) is 0 Å². The maximum atomic E-state index is 10.5. The smallest absolute Gasteiger partial charge is 0.149 e. The number of piperidine rings is 1. The lowest BCUT2D eigenvalue weighted by Crippen LogP contribution is -2.47. The molecule has 2 atom stereocenters. The minimum atomic E-state index is 0.300. The fraction of sp³-hybridized carbons (Fsp3) is 0.565. The van der Waals surface area contributed by atoms with Crippen LogP contribution < -0.4 is 5.32 Å². The highest BCUT2D eigenvalue weighted by atomic mass is 16.5. The summed E-state index contributed by atoms with van der Waals surface area (Å²) in [6.07, 6.45) is 5.94. The first-order valence-corrected chi connectivity index (χ1v) is 10.9. The number of hydrogen-bond donors (Lipinski definition) is 2. The first-order chi connectivity index (χ1) is 14.2. The van der Waals surface area contributed by atoms with Gasteiger partial charge in [-0.25, -0.2) is 0 Å². The predicted octanol–water partition coefficient (Wildman–Crippen LogP) is 3.70. The summed E-state index contributed by atoms with van der Waals surface area (Å²) in [6.45, 7) is 5.97. The molecule has 154 valence electrons. The number of phenols is 1. The van der Waals surface area contributed by atoms with Gasteiger partial charge in [-0.05, 0) is 80.8 Å². The number of nitrogens with zero attached hydrogens (tertiary/aromatic N) is 3. The lowest BCUT2D eigenvalue weighted by molar-refractivity contribution is 0.123. The van der Waals surface area contributed by atoms with Gasteiger partial charge >= 0.3 is 0 Å². The molecule has 2 saturated heterocycles. The molecule has 1 aromatic heterocycles. The Hall–Kier alpha value is -2.18. The van der Waals surface area contributed by atoms with Crippen LogP contribution in [0.3, 0.4) is 0 Å². The molecule has 1 aromatic carbocycles. The summed E-state index contributed by atoms with van der Waals surface area (Å²) >= 11 is 0. The average Bonchev–Trinajstić information content (AvgIpc) is 3.43. The molecule has 0 radical (unpaired) electrons. The van der Waals surface area contributed by atoms with Crippen LogP contribution in [0.25, 0.3) is 11.3 Å². The lowest BCUT2D eigenvalue weighted by atomic mass is 10.0. The van der Waals surface area contributed by atoms with E-state index in [0.29, 0.717) is 23.8 Å². The number of rotatable bonds is 5. The zero-order chi connectivity index (χ0) is 19.8. The lowest BCUT2D eigenvalue weighted by Gasteiger charge is -2.36. The summed E-state index contributed by atoms with van der Waals surface area (Å²) < 4.78 is 5.56. The Morgan fingerprint density at radius 3 is 2.76 bits per heavy atom. The Morgan fingerprint density at radius 2 is 2.03 bits per heavy atom. The molecule has 2 N–H and O–H groups in total. The van der Waals surface area contributed by atoms with Gasteiger partial charge in [0.25, 0.3) is 0 Å². The zero-order valence-electron chi connectivity index (χ0n) is 17.1. The van der Waals surface area contributed by atoms with Crippen molar-refractivity contribution in [2.24, 2.45) is 0 Å². The Kier molecular flexibility index (Phi) is 5.14. The van der Waals surface area contributed by atoms with Crippen LogP contribution in [0.4, 0.5) is 5.82 Å². The van der Waals surface area contributed by atoms with Crippen molar-refractivity contribution in [2.75, 3.05) is 31.6 Å². The van der Waals surface area contributed by atoms with Gasteiger partial charge in [-0.3, -0.25) is 4.90 Å². The van der Waals surface area contributed by atoms with Crippen molar-refractivity contribution in [1.82, 2.24) is 15.1 Å². The maximum absolute atomic E-state index is 10.5. The Labute approximate surface area is 172 Å². The Bertz CT molecular complexity index is 877. The second kappa shape index (κ2) is 7.92. The van der Waals surface area contributed by atoms with E-state index in [1.807, 2.05) is 25.1 Å². The van der Waals surface area contributed by atoms with Gasteiger partial charge in [0.1, 0.15) is 11.6 Å². The molecule has 2 aromatic rings. The number of anilines is 1. The number of nitrogens with one attached hydrogen (secondary N) is 1. The molecule has 6 nitrogen and oxygen atoms in total. The standard InChI is InChI=1S/C23H30N4O2/c1-15-11-22(24-18-3-2-9-27(13-18)19-8-10-29-14-19)25-26-23(15)20-7-6-17(12-21(20)28)16-4-5-16/h6-7,11-12,16,18-19,28H,2-5,8-10,13-14H2,1H3,(H,24,25)/t18-,19-/m0/s1. The van der Waals surface area contributed by atoms with Crippen LogP contribution >= 0.6 is 0 Å². The van der Waals surface area contributed by atoms with Gasteiger partial charge in [0.2, 0.25) is 0 Å². The highest BCUT2D eigenvalue weighted by Gasteiger charge is 2.29. The van der Waals surface area contributed by atoms with Crippen molar-refractivity contribution in [3.63, 3.8) is 0 Å². The first kappa shape index (κ1) is 18.8. The minimum absolute atomic E-state index is 0.300. The zero-order valence-corrected chi connectivity index (χ0v) is 17.1. The highest BCUT2D eigenvalue weighted by Crippen LogP contribution is 2.43.